The van der Waals surface area contributed by atoms with Crippen LogP contribution in [-0.4, -0.2) is 54.8 Å². The van der Waals surface area contributed by atoms with E-state index in [1.54, 1.807) is 20.4 Å². The van der Waals surface area contributed by atoms with Gasteiger partial charge < -0.3 is 19.5 Å². The molecule has 1 aliphatic rings. The Labute approximate surface area is 183 Å². The number of anilines is 1. The lowest BCUT2D eigenvalue weighted by Gasteiger charge is -2.32. The van der Waals surface area contributed by atoms with E-state index in [9.17, 15) is 0 Å². The minimum absolute atomic E-state index is 0.215. The second kappa shape index (κ2) is 11.2. The molecule has 0 aliphatic carbocycles. The number of aromatic nitrogens is 2. The zero-order valence-corrected chi connectivity index (χ0v) is 18.7. The molecule has 0 unspecified atom stereocenters. The largest absolute Gasteiger partial charge is 0.493 e. The first-order chi connectivity index (χ1) is 14.6. The number of nitrogens with zero attached hydrogens (tertiary/aromatic N) is 3. The zero-order chi connectivity index (χ0) is 21.3. The highest BCUT2D eigenvalue weighted by Gasteiger charge is 2.21. The summed E-state index contributed by atoms with van der Waals surface area (Å²) in [5.74, 6) is 2.87. The number of likely N-dealkylation sites (tertiary alicyclic amines) is 1. The van der Waals surface area contributed by atoms with Gasteiger partial charge in [-0.25, -0.2) is 4.98 Å². The first-order valence-electron chi connectivity index (χ1n) is 10.5. The average molecular weight is 435 g/mol. The molecule has 0 bridgehead atoms. The third kappa shape index (κ3) is 6.12. The fraction of sp³-hybridized carbons (Fsp3) is 0.545. The molecule has 0 saturated carbocycles. The van der Waals surface area contributed by atoms with Gasteiger partial charge in [-0.3, -0.25) is 4.90 Å². The molecule has 1 aliphatic heterocycles. The molecule has 30 heavy (non-hydrogen) atoms. The minimum atomic E-state index is 0.215. The normalized spacial score (nSPS) is 15.1. The predicted octanol–water partition coefficient (Wildman–Crippen LogP) is 4.40. The highest BCUT2D eigenvalue weighted by Crippen LogP contribution is 2.30. The maximum atomic E-state index is 5.93. The van der Waals surface area contributed by atoms with Crippen LogP contribution in [0.25, 0.3) is 0 Å². The highest BCUT2D eigenvalue weighted by molar-refractivity contribution is 6.28. The van der Waals surface area contributed by atoms with E-state index in [1.807, 2.05) is 6.07 Å². The van der Waals surface area contributed by atoms with Crippen LogP contribution in [0.1, 0.15) is 38.2 Å². The minimum Gasteiger partial charge on any atom is -0.493 e. The number of benzene rings is 1. The molecular formula is C22H31ClN4O3. The van der Waals surface area contributed by atoms with E-state index in [4.69, 9.17) is 25.8 Å². The van der Waals surface area contributed by atoms with Crippen molar-refractivity contribution in [2.45, 2.75) is 45.2 Å². The predicted molar refractivity (Wildman–Crippen MR) is 119 cm³/mol. The summed E-state index contributed by atoms with van der Waals surface area (Å²) in [5.41, 5.74) is 1.23. The Morgan fingerprint density at radius 3 is 2.60 bits per heavy atom. The number of halogens is 1. The zero-order valence-electron chi connectivity index (χ0n) is 18.0. The van der Waals surface area contributed by atoms with E-state index in [1.165, 1.54) is 5.56 Å². The molecule has 1 N–H and O–H groups in total. The molecular weight excluding hydrogens is 404 g/mol. The smallest absolute Gasteiger partial charge is 0.224 e. The molecule has 8 heteroatoms. The number of hydrogen-bond acceptors (Lipinski definition) is 7. The maximum Gasteiger partial charge on any atom is 0.224 e. The molecule has 1 aromatic heterocycles. The Balaban J connectivity index is 1.54. The Morgan fingerprint density at radius 1 is 1.13 bits per heavy atom. The van der Waals surface area contributed by atoms with E-state index < -0.39 is 0 Å². The fourth-order valence-electron chi connectivity index (χ4n) is 3.55. The third-order valence-electron chi connectivity index (χ3n) is 5.26. The Kier molecular flexibility index (Phi) is 8.39. The lowest BCUT2D eigenvalue weighted by molar-refractivity contribution is 0.210. The fourth-order valence-corrected chi connectivity index (χ4v) is 3.68. The van der Waals surface area contributed by atoms with Crippen molar-refractivity contribution in [2.75, 3.05) is 39.2 Å². The van der Waals surface area contributed by atoms with Crippen LogP contribution >= 0.6 is 11.6 Å². The molecule has 3 rings (SSSR count). The molecule has 2 heterocycles. The van der Waals surface area contributed by atoms with Gasteiger partial charge in [-0.2, -0.15) is 4.98 Å². The molecule has 7 nitrogen and oxygen atoms in total. The number of nitrogens with one attached hydrogen (secondary N) is 1. The second-order valence-corrected chi connectivity index (χ2v) is 7.78. The summed E-state index contributed by atoms with van der Waals surface area (Å²) in [6, 6.07) is 6.54. The SMILES string of the molecule is CCCCOc1cc(CN2CCC(Nc3nc(Cl)ncc3OC)CC2)ccc1OC. The summed E-state index contributed by atoms with van der Waals surface area (Å²) in [6.07, 6.45) is 5.77. The van der Waals surface area contributed by atoms with Gasteiger partial charge in [-0.05, 0) is 48.6 Å². The summed E-state index contributed by atoms with van der Waals surface area (Å²) in [6.45, 7) is 5.76. The molecule has 1 aromatic carbocycles. The van der Waals surface area contributed by atoms with Crippen molar-refractivity contribution in [2.24, 2.45) is 0 Å². The maximum absolute atomic E-state index is 5.93. The van der Waals surface area contributed by atoms with E-state index in [0.717, 1.165) is 56.8 Å². The van der Waals surface area contributed by atoms with Gasteiger partial charge in [-0.15, -0.1) is 0 Å². The second-order valence-electron chi connectivity index (χ2n) is 7.44. The van der Waals surface area contributed by atoms with Crippen LogP contribution in [0.3, 0.4) is 0 Å². The van der Waals surface area contributed by atoms with Crippen molar-refractivity contribution in [3.05, 3.63) is 35.2 Å². The van der Waals surface area contributed by atoms with Gasteiger partial charge in [-0.1, -0.05) is 19.4 Å². The van der Waals surface area contributed by atoms with E-state index in [2.05, 4.69) is 39.2 Å². The van der Waals surface area contributed by atoms with Crippen molar-refractivity contribution in [3.63, 3.8) is 0 Å². The number of rotatable bonds is 10. The lowest BCUT2D eigenvalue weighted by atomic mass is 10.0. The van der Waals surface area contributed by atoms with Gasteiger partial charge in [0.2, 0.25) is 5.28 Å². The lowest BCUT2D eigenvalue weighted by Crippen LogP contribution is -2.38. The molecule has 0 spiro atoms. The summed E-state index contributed by atoms with van der Waals surface area (Å²) in [7, 11) is 3.29. The van der Waals surface area contributed by atoms with Crippen LogP contribution < -0.4 is 19.5 Å². The van der Waals surface area contributed by atoms with Crippen molar-refractivity contribution >= 4 is 17.4 Å². The highest BCUT2D eigenvalue weighted by atomic mass is 35.5. The van der Waals surface area contributed by atoms with Crippen LogP contribution in [0.4, 0.5) is 5.82 Å². The molecule has 2 aromatic rings. The molecule has 1 fully saturated rings. The quantitative estimate of drug-likeness (QED) is 0.439. The van der Waals surface area contributed by atoms with Crippen LogP contribution in [-0.2, 0) is 6.54 Å². The first-order valence-corrected chi connectivity index (χ1v) is 10.9. The van der Waals surface area contributed by atoms with Crippen LogP contribution in [0.15, 0.2) is 24.4 Å². The number of hydrogen-bond donors (Lipinski definition) is 1. The Hall–Kier alpha value is -2.25. The van der Waals surface area contributed by atoms with Crippen molar-refractivity contribution in [1.29, 1.82) is 0 Å². The van der Waals surface area contributed by atoms with Crippen molar-refractivity contribution in [3.8, 4) is 17.2 Å². The molecule has 0 amide bonds. The van der Waals surface area contributed by atoms with Gasteiger partial charge in [0.15, 0.2) is 23.1 Å². The molecule has 164 valence electrons. The van der Waals surface area contributed by atoms with E-state index in [-0.39, 0.29) is 5.28 Å². The van der Waals surface area contributed by atoms with E-state index >= 15 is 0 Å². The average Bonchev–Trinajstić information content (AvgIpc) is 2.76. The van der Waals surface area contributed by atoms with E-state index in [0.29, 0.717) is 24.2 Å². The van der Waals surface area contributed by atoms with Gasteiger partial charge in [0, 0.05) is 25.7 Å². The standard InChI is InChI=1S/C22H31ClN4O3/c1-4-5-12-30-19-13-16(6-7-18(19)28-2)15-27-10-8-17(9-11-27)25-21-20(29-3)14-24-22(23)26-21/h6-7,13-14,17H,4-5,8-12,15H2,1-3H3,(H,24,25,26). The Bertz CT molecular complexity index is 813. The molecule has 0 atom stereocenters. The summed E-state index contributed by atoms with van der Waals surface area (Å²) < 4.78 is 16.7. The summed E-state index contributed by atoms with van der Waals surface area (Å²) >= 11 is 5.93. The van der Waals surface area contributed by atoms with Crippen LogP contribution in [0.2, 0.25) is 5.28 Å². The summed E-state index contributed by atoms with van der Waals surface area (Å²) in [4.78, 5) is 10.7. The van der Waals surface area contributed by atoms with Gasteiger partial charge in [0.25, 0.3) is 0 Å². The summed E-state index contributed by atoms with van der Waals surface area (Å²) in [5, 5.41) is 3.67. The number of ether oxygens (including phenoxy) is 3. The van der Waals surface area contributed by atoms with Crippen molar-refractivity contribution < 1.29 is 14.2 Å². The Morgan fingerprint density at radius 2 is 1.90 bits per heavy atom. The van der Waals surface area contributed by atoms with Crippen molar-refractivity contribution in [1.82, 2.24) is 14.9 Å². The number of piperidine rings is 1. The van der Waals surface area contributed by atoms with Crippen LogP contribution in [0.5, 0.6) is 17.2 Å². The molecule has 0 radical (unpaired) electrons. The molecule has 1 saturated heterocycles. The topological polar surface area (TPSA) is 68.7 Å². The van der Waals surface area contributed by atoms with Crippen LogP contribution in [0, 0.1) is 0 Å². The van der Waals surface area contributed by atoms with Gasteiger partial charge in [0.1, 0.15) is 0 Å². The number of unbranched alkanes of at least 4 members (excludes halogenated alkanes) is 1. The van der Waals surface area contributed by atoms with Gasteiger partial charge >= 0.3 is 0 Å². The number of methoxy groups -OCH3 is 2. The third-order valence-corrected chi connectivity index (χ3v) is 5.45. The first kappa shape index (κ1) is 22.4. The van der Waals surface area contributed by atoms with Gasteiger partial charge in [0.05, 0.1) is 27.0 Å². The monoisotopic (exact) mass is 434 g/mol.